The number of aryl methyl sites for hydroxylation is 1. The van der Waals surface area contributed by atoms with Crippen LogP contribution in [0.1, 0.15) is 33.7 Å². The Bertz CT molecular complexity index is 999. The van der Waals surface area contributed by atoms with E-state index in [1.807, 2.05) is 29.0 Å². The lowest BCUT2D eigenvalue weighted by Gasteiger charge is -2.27. The molecular weight excluding hydrogens is 386 g/mol. The molecule has 2 N–H and O–H groups in total. The molecular formula is C21H25N5O4. The molecule has 1 aliphatic rings. The molecule has 2 aromatic heterocycles. The zero-order chi connectivity index (χ0) is 20.9. The summed E-state index contributed by atoms with van der Waals surface area (Å²) in [6.07, 6.45) is 7.07. The maximum Gasteiger partial charge on any atom is 0.356 e. The van der Waals surface area contributed by atoms with E-state index < -0.39 is 5.97 Å². The first kappa shape index (κ1) is 20.0. The first-order valence-electron chi connectivity index (χ1n) is 9.92. The maximum atomic E-state index is 11.4. The minimum atomic E-state index is -1.00. The van der Waals surface area contributed by atoms with Gasteiger partial charge in [0.25, 0.3) is 0 Å². The number of aromatic amines is 1. The zero-order valence-electron chi connectivity index (χ0n) is 16.9. The van der Waals surface area contributed by atoms with Crippen LogP contribution in [0, 0.1) is 0 Å². The van der Waals surface area contributed by atoms with Gasteiger partial charge in [0.05, 0.1) is 20.0 Å². The summed E-state index contributed by atoms with van der Waals surface area (Å²) in [6.45, 7) is 3.37. The highest BCUT2D eigenvalue weighted by Crippen LogP contribution is 2.33. The third-order valence-electron chi connectivity index (χ3n) is 5.26. The van der Waals surface area contributed by atoms with Crippen molar-refractivity contribution in [1.82, 2.24) is 24.6 Å². The number of nitrogens with zero attached hydrogens (tertiary/aromatic N) is 4. The van der Waals surface area contributed by atoms with Gasteiger partial charge in [0.1, 0.15) is 0 Å². The summed E-state index contributed by atoms with van der Waals surface area (Å²) in [6, 6.07) is 5.86. The van der Waals surface area contributed by atoms with Gasteiger partial charge in [-0.05, 0) is 12.5 Å². The second-order valence-corrected chi connectivity index (χ2v) is 7.25. The van der Waals surface area contributed by atoms with Gasteiger partial charge in [0, 0.05) is 61.8 Å². The molecule has 1 aromatic carbocycles. The molecule has 9 nitrogen and oxygen atoms in total. The number of imidazole rings is 1. The lowest BCUT2D eigenvalue weighted by atomic mass is 10.0. The normalized spacial score (nSPS) is 13.8. The zero-order valence-corrected chi connectivity index (χ0v) is 16.9. The van der Waals surface area contributed by atoms with Gasteiger partial charge in [-0.1, -0.05) is 12.1 Å². The number of carboxylic acids is 1. The Labute approximate surface area is 174 Å². The average molecular weight is 411 g/mol. The van der Waals surface area contributed by atoms with E-state index in [9.17, 15) is 9.90 Å². The molecule has 0 spiro atoms. The molecule has 0 amide bonds. The van der Waals surface area contributed by atoms with E-state index in [0.29, 0.717) is 25.4 Å². The molecule has 4 rings (SSSR count). The number of benzene rings is 1. The summed E-state index contributed by atoms with van der Waals surface area (Å²) in [5.41, 5.74) is 2.79. The highest BCUT2D eigenvalue weighted by atomic mass is 16.5. The van der Waals surface area contributed by atoms with Crippen LogP contribution in [0.25, 0.3) is 0 Å². The number of hydrogen-bond acceptors (Lipinski definition) is 6. The van der Waals surface area contributed by atoms with Crippen LogP contribution in [0.4, 0.5) is 0 Å². The van der Waals surface area contributed by atoms with Gasteiger partial charge in [0.15, 0.2) is 17.2 Å². The third kappa shape index (κ3) is 4.30. The number of aromatic nitrogens is 4. The maximum absolute atomic E-state index is 11.4. The van der Waals surface area contributed by atoms with Crippen molar-refractivity contribution in [3.8, 4) is 11.5 Å². The van der Waals surface area contributed by atoms with Gasteiger partial charge in [-0.2, -0.15) is 5.10 Å². The molecule has 0 bridgehead atoms. The van der Waals surface area contributed by atoms with Crippen molar-refractivity contribution in [1.29, 1.82) is 0 Å². The highest BCUT2D eigenvalue weighted by Gasteiger charge is 2.26. The number of fused-ring (bicyclic) bond motifs is 1. The van der Waals surface area contributed by atoms with Gasteiger partial charge >= 0.3 is 5.97 Å². The molecule has 0 saturated carbocycles. The fourth-order valence-electron chi connectivity index (χ4n) is 3.75. The summed E-state index contributed by atoms with van der Waals surface area (Å²) in [4.78, 5) is 17.7. The minimum Gasteiger partial charge on any atom is -0.493 e. The van der Waals surface area contributed by atoms with Gasteiger partial charge in [-0.3, -0.25) is 10.00 Å². The topological polar surface area (TPSA) is 106 Å². The predicted molar refractivity (Wildman–Crippen MR) is 109 cm³/mol. The number of nitrogens with one attached hydrogen (secondary N) is 1. The van der Waals surface area contributed by atoms with Crippen LogP contribution < -0.4 is 9.47 Å². The van der Waals surface area contributed by atoms with E-state index in [4.69, 9.17) is 9.47 Å². The Morgan fingerprint density at radius 1 is 1.37 bits per heavy atom. The van der Waals surface area contributed by atoms with E-state index >= 15 is 0 Å². The molecule has 30 heavy (non-hydrogen) atoms. The first-order chi connectivity index (χ1) is 14.7. The van der Waals surface area contributed by atoms with Crippen molar-refractivity contribution in [2.45, 2.75) is 32.5 Å². The number of ether oxygens (including phenoxy) is 2. The number of hydrogen-bond donors (Lipinski definition) is 2. The summed E-state index contributed by atoms with van der Waals surface area (Å²) < 4.78 is 13.7. The lowest BCUT2D eigenvalue weighted by molar-refractivity contribution is 0.0687. The number of aromatic carboxylic acids is 1. The third-order valence-corrected chi connectivity index (χ3v) is 5.26. The minimum absolute atomic E-state index is 0.108. The van der Waals surface area contributed by atoms with Gasteiger partial charge < -0.3 is 19.1 Å². The summed E-state index contributed by atoms with van der Waals surface area (Å²) in [5, 5.41) is 16.2. The van der Waals surface area contributed by atoms with Gasteiger partial charge in [-0.15, -0.1) is 0 Å². The molecule has 0 saturated heterocycles. The summed E-state index contributed by atoms with van der Waals surface area (Å²) in [7, 11) is 1.63. The Morgan fingerprint density at radius 3 is 3.03 bits per heavy atom. The van der Waals surface area contributed by atoms with Crippen LogP contribution in [0.5, 0.6) is 11.5 Å². The average Bonchev–Trinajstić information content (AvgIpc) is 3.41. The molecule has 0 atom stereocenters. The highest BCUT2D eigenvalue weighted by molar-refractivity contribution is 5.87. The van der Waals surface area contributed by atoms with E-state index in [2.05, 4.69) is 20.1 Å². The van der Waals surface area contributed by atoms with Crippen LogP contribution in [0.3, 0.4) is 0 Å². The number of rotatable bonds is 9. The van der Waals surface area contributed by atoms with Crippen molar-refractivity contribution >= 4 is 5.97 Å². The molecule has 3 aromatic rings. The second-order valence-electron chi connectivity index (χ2n) is 7.25. The van der Waals surface area contributed by atoms with E-state index in [1.54, 1.807) is 19.6 Å². The van der Waals surface area contributed by atoms with Crippen molar-refractivity contribution in [2.24, 2.45) is 0 Å². The van der Waals surface area contributed by atoms with Crippen LogP contribution in [-0.2, 0) is 26.1 Å². The molecule has 158 valence electrons. The van der Waals surface area contributed by atoms with Crippen molar-refractivity contribution in [2.75, 3.05) is 20.3 Å². The SMILES string of the molecule is COc1cccc(CN2CCc3[nH]nc(C(=O)O)c3C2)c1OCCCn1ccnc1. The van der Waals surface area contributed by atoms with E-state index in [-0.39, 0.29) is 5.69 Å². The quantitative estimate of drug-likeness (QED) is 0.521. The van der Waals surface area contributed by atoms with Crippen LogP contribution in [0.2, 0.25) is 0 Å². The first-order valence-corrected chi connectivity index (χ1v) is 9.92. The number of H-pyrrole nitrogens is 1. The van der Waals surface area contributed by atoms with Gasteiger partial charge in [-0.25, -0.2) is 9.78 Å². The van der Waals surface area contributed by atoms with Crippen LogP contribution in [0.15, 0.2) is 36.9 Å². The Hall–Kier alpha value is -3.33. The molecule has 3 heterocycles. The standard InChI is InChI=1S/C21H25N5O4/c1-29-18-5-2-4-15(20(18)30-11-3-8-25-10-7-22-14-25)12-26-9-6-17-16(13-26)19(21(27)28)24-23-17/h2,4-5,7,10,14H,3,6,8-9,11-13H2,1H3,(H,23,24)(H,27,28). The number of para-hydroxylation sites is 1. The summed E-state index contributed by atoms with van der Waals surface area (Å²) >= 11 is 0. The number of carboxylic acid groups (broad SMARTS) is 1. The van der Waals surface area contributed by atoms with E-state index in [0.717, 1.165) is 48.5 Å². The fraction of sp³-hybridized carbons (Fsp3) is 0.381. The van der Waals surface area contributed by atoms with Gasteiger partial charge in [0.2, 0.25) is 0 Å². The fourth-order valence-corrected chi connectivity index (χ4v) is 3.75. The Balaban J connectivity index is 1.44. The molecule has 0 aliphatic carbocycles. The molecule has 0 unspecified atom stereocenters. The van der Waals surface area contributed by atoms with E-state index in [1.165, 1.54) is 0 Å². The largest absolute Gasteiger partial charge is 0.493 e. The number of methoxy groups -OCH3 is 1. The predicted octanol–water partition coefficient (Wildman–Crippen LogP) is 2.34. The molecule has 0 radical (unpaired) electrons. The van der Waals surface area contributed by atoms with Crippen LogP contribution in [-0.4, -0.2) is 56.0 Å². The Kier molecular flexibility index (Phi) is 5.99. The molecule has 9 heteroatoms. The van der Waals surface area contributed by atoms with Crippen molar-refractivity contribution in [3.05, 3.63) is 59.4 Å². The van der Waals surface area contributed by atoms with Crippen molar-refractivity contribution < 1.29 is 19.4 Å². The smallest absolute Gasteiger partial charge is 0.356 e. The molecule has 1 aliphatic heterocycles. The van der Waals surface area contributed by atoms with Crippen LogP contribution >= 0.6 is 0 Å². The monoisotopic (exact) mass is 411 g/mol. The number of carbonyl (C=O) groups is 1. The summed E-state index contributed by atoms with van der Waals surface area (Å²) in [5.74, 6) is 0.432. The lowest BCUT2D eigenvalue weighted by Crippen LogP contribution is -2.30. The van der Waals surface area contributed by atoms with Crippen molar-refractivity contribution in [3.63, 3.8) is 0 Å². The Morgan fingerprint density at radius 2 is 2.27 bits per heavy atom. The molecule has 0 fully saturated rings. The second kappa shape index (κ2) is 9.00.